The monoisotopic (exact) mass is 483 g/mol. The van der Waals surface area contributed by atoms with Crippen LogP contribution in [0.4, 0.5) is 5.13 Å². The minimum atomic E-state index is -0.129. The smallest absolute Gasteiger partial charge is 0.296 e. The van der Waals surface area contributed by atoms with Crippen LogP contribution in [0, 0.1) is 5.92 Å². The molecule has 5 nitrogen and oxygen atoms in total. The highest BCUT2D eigenvalue weighted by Gasteiger charge is 2.27. The largest absolute Gasteiger partial charge is 0.360 e. The Morgan fingerprint density at radius 3 is 2.55 bits per heavy atom. The van der Waals surface area contributed by atoms with E-state index < -0.39 is 0 Å². The van der Waals surface area contributed by atoms with Crippen molar-refractivity contribution in [3.8, 4) is 0 Å². The number of aromatic amines is 1. The maximum absolute atomic E-state index is 13.4. The zero-order valence-corrected chi connectivity index (χ0v) is 21.2. The van der Waals surface area contributed by atoms with Crippen molar-refractivity contribution in [3.63, 3.8) is 0 Å². The highest BCUT2D eigenvalue weighted by Crippen LogP contribution is 2.39. The molecule has 1 aliphatic heterocycles. The third kappa shape index (κ3) is 5.99. The molecule has 2 aromatic rings. The summed E-state index contributed by atoms with van der Waals surface area (Å²) in [5.74, 6) is 0.761. The van der Waals surface area contributed by atoms with Crippen LogP contribution in [0.2, 0.25) is 0 Å². The lowest BCUT2D eigenvalue weighted by molar-refractivity contribution is -0.367. The fourth-order valence-electron chi connectivity index (χ4n) is 4.50. The number of carbonyl (C=O) groups excluding carboxylic acids is 1. The summed E-state index contributed by atoms with van der Waals surface area (Å²) in [6, 6.07) is 8.38. The van der Waals surface area contributed by atoms with E-state index in [1.54, 1.807) is 11.3 Å². The van der Waals surface area contributed by atoms with E-state index >= 15 is 0 Å². The molecule has 2 saturated carbocycles. The molecular formula is C26H35N4OS2+. The molecule has 2 N–H and O–H groups in total. The molecule has 3 fully saturated rings. The number of aromatic nitrogens is 1. The Bertz CT molecular complexity index is 986. The molecule has 3 aliphatic rings. The van der Waals surface area contributed by atoms with Gasteiger partial charge in [-0.3, -0.25) is 5.01 Å². The highest BCUT2D eigenvalue weighted by molar-refractivity contribution is 8.00. The molecule has 0 unspecified atom stereocenters. The first-order chi connectivity index (χ1) is 16.2. The Morgan fingerprint density at radius 2 is 1.91 bits per heavy atom. The fraction of sp³-hybridized carbons (Fsp3) is 0.577. The van der Waals surface area contributed by atoms with Crippen molar-refractivity contribution in [1.82, 2.24) is 5.01 Å². The summed E-state index contributed by atoms with van der Waals surface area (Å²) < 4.78 is 0. The Balaban J connectivity index is 1.31. The molecule has 176 valence electrons. The molecule has 0 bridgehead atoms. The lowest BCUT2D eigenvalue weighted by Gasteiger charge is -2.24. The van der Waals surface area contributed by atoms with Crippen LogP contribution in [0.5, 0.6) is 0 Å². The number of nitrogens with one attached hydrogen (secondary N) is 2. The first-order valence-electron chi connectivity index (χ1n) is 12.6. The maximum atomic E-state index is 13.4. The van der Waals surface area contributed by atoms with E-state index in [-0.39, 0.29) is 5.91 Å². The quantitative estimate of drug-likeness (QED) is 0.451. The number of anilines is 1. The summed E-state index contributed by atoms with van der Waals surface area (Å²) in [6.07, 6.45) is 12.4. The number of benzene rings is 1. The van der Waals surface area contributed by atoms with Crippen molar-refractivity contribution >= 4 is 39.8 Å². The lowest BCUT2D eigenvalue weighted by atomic mass is 9.82. The van der Waals surface area contributed by atoms with Crippen molar-refractivity contribution in [1.29, 1.82) is 0 Å². The second-order valence-electron chi connectivity index (χ2n) is 9.55. The number of hydrogen-bond donors (Lipinski definition) is 1. The molecule has 0 atom stereocenters. The second-order valence-corrected chi connectivity index (χ2v) is 12.0. The molecule has 2 heterocycles. The predicted octanol–water partition coefficient (Wildman–Crippen LogP) is 5.55. The summed E-state index contributed by atoms with van der Waals surface area (Å²) >= 11 is 3.62. The predicted molar refractivity (Wildman–Crippen MR) is 137 cm³/mol. The number of rotatable bonds is 10. The van der Waals surface area contributed by atoms with E-state index in [1.807, 2.05) is 16.8 Å². The number of hydrazone groups is 1. The fourth-order valence-corrected chi connectivity index (χ4v) is 6.53. The topological polar surface area (TPSA) is 58.8 Å². The van der Waals surface area contributed by atoms with Crippen molar-refractivity contribution in [2.45, 2.75) is 81.3 Å². The van der Waals surface area contributed by atoms with Gasteiger partial charge in [-0.2, -0.15) is 10.4 Å². The first-order valence-corrected chi connectivity index (χ1v) is 14.3. The van der Waals surface area contributed by atoms with Gasteiger partial charge in [-0.15, -0.1) is 11.8 Å². The van der Waals surface area contributed by atoms with Crippen molar-refractivity contribution in [2.75, 3.05) is 18.4 Å². The first kappa shape index (κ1) is 22.9. The molecule has 0 radical (unpaired) electrons. The van der Waals surface area contributed by atoms with Gasteiger partial charge in [0.2, 0.25) is 0 Å². The zero-order chi connectivity index (χ0) is 22.6. The molecule has 1 aromatic carbocycles. The number of amides is 1. The number of aryl methyl sites for hydroxylation is 2. The van der Waals surface area contributed by atoms with E-state index in [0.717, 1.165) is 60.6 Å². The van der Waals surface area contributed by atoms with Crippen LogP contribution in [0.15, 0.2) is 34.3 Å². The zero-order valence-electron chi connectivity index (χ0n) is 19.6. The SMILES string of the molecule is CCc1sc(NC(=O)C(=NN2CCCC2)c2ccc(SC3CC3)cc2)[nH+]c1CCC1CCC1. The van der Waals surface area contributed by atoms with Gasteiger partial charge in [-0.05, 0) is 56.6 Å². The van der Waals surface area contributed by atoms with Crippen LogP contribution in [0.1, 0.15) is 74.4 Å². The van der Waals surface area contributed by atoms with Gasteiger partial charge in [0.1, 0.15) is 5.69 Å². The molecule has 0 spiro atoms. The number of H-pyrrole nitrogens is 1. The van der Waals surface area contributed by atoms with Crippen LogP contribution >= 0.6 is 23.1 Å². The second kappa shape index (κ2) is 10.6. The standard InChI is InChI=1S/C26H34N4OS2/c1-2-23-22(15-8-18-6-5-7-18)27-26(33-23)28-25(31)24(29-30-16-3-4-17-30)19-9-11-20(12-10-19)32-21-13-14-21/h9-12,18,21H,2-8,13-17H2,1H3,(H,27,28,31)/p+1. The molecule has 33 heavy (non-hydrogen) atoms. The van der Waals surface area contributed by atoms with Gasteiger partial charge in [0.05, 0.1) is 4.88 Å². The van der Waals surface area contributed by atoms with E-state index in [0.29, 0.717) is 5.71 Å². The van der Waals surface area contributed by atoms with Gasteiger partial charge in [-0.1, -0.05) is 49.7 Å². The number of thioether (sulfide) groups is 1. The summed E-state index contributed by atoms with van der Waals surface area (Å²) in [5.41, 5.74) is 2.69. The number of thiazole rings is 1. The van der Waals surface area contributed by atoms with Crippen molar-refractivity contribution in [2.24, 2.45) is 11.0 Å². The van der Waals surface area contributed by atoms with E-state index in [1.165, 1.54) is 54.0 Å². The van der Waals surface area contributed by atoms with E-state index in [9.17, 15) is 4.79 Å². The summed E-state index contributed by atoms with van der Waals surface area (Å²) in [4.78, 5) is 19.6. The summed E-state index contributed by atoms with van der Waals surface area (Å²) in [7, 11) is 0. The van der Waals surface area contributed by atoms with Crippen LogP contribution < -0.4 is 10.3 Å². The summed E-state index contributed by atoms with van der Waals surface area (Å²) in [5, 5.41) is 11.6. The average molecular weight is 484 g/mol. The maximum Gasteiger partial charge on any atom is 0.360 e. The van der Waals surface area contributed by atoms with E-state index in [4.69, 9.17) is 5.10 Å². The lowest BCUT2D eigenvalue weighted by Crippen LogP contribution is -2.29. The molecule has 1 amide bonds. The van der Waals surface area contributed by atoms with Gasteiger partial charge >= 0.3 is 11.0 Å². The molecule has 1 aromatic heterocycles. The highest BCUT2D eigenvalue weighted by atomic mass is 32.2. The van der Waals surface area contributed by atoms with Crippen molar-refractivity contribution < 1.29 is 9.78 Å². The molecule has 2 aliphatic carbocycles. The normalized spacial score (nSPS) is 19.1. The van der Waals surface area contributed by atoms with Crippen LogP contribution in [0.25, 0.3) is 0 Å². The number of hydrogen-bond acceptors (Lipinski definition) is 5. The Kier molecular flexibility index (Phi) is 7.36. The molecule has 7 heteroatoms. The van der Waals surface area contributed by atoms with Crippen LogP contribution in [0.3, 0.4) is 0 Å². The average Bonchev–Trinajstić information content (AvgIpc) is 3.29. The van der Waals surface area contributed by atoms with Gasteiger partial charge in [0.25, 0.3) is 0 Å². The third-order valence-electron chi connectivity index (χ3n) is 6.90. The molecule has 1 saturated heterocycles. The molecule has 5 rings (SSSR count). The van der Waals surface area contributed by atoms with Gasteiger partial charge in [0.15, 0.2) is 5.71 Å². The van der Waals surface area contributed by atoms with Crippen LogP contribution in [-0.2, 0) is 17.6 Å². The Labute approximate surface area is 205 Å². The minimum Gasteiger partial charge on any atom is -0.296 e. The third-order valence-corrected chi connectivity index (χ3v) is 9.43. The van der Waals surface area contributed by atoms with Crippen LogP contribution in [-0.4, -0.2) is 35.0 Å². The number of carbonyl (C=O) groups is 1. The van der Waals surface area contributed by atoms with Gasteiger partial charge < -0.3 is 0 Å². The van der Waals surface area contributed by atoms with E-state index in [2.05, 4.69) is 41.5 Å². The molecular weight excluding hydrogens is 448 g/mol. The Hall–Kier alpha value is -1.86. The van der Waals surface area contributed by atoms with Gasteiger partial charge in [-0.25, -0.2) is 9.78 Å². The minimum absolute atomic E-state index is 0.129. The Morgan fingerprint density at radius 1 is 1.15 bits per heavy atom. The number of nitrogens with zero attached hydrogens (tertiary/aromatic N) is 2. The van der Waals surface area contributed by atoms with Gasteiger partial charge in [0, 0.05) is 35.2 Å². The summed E-state index contributed by atoms with van der Waals surface area (Å²) in [6.45, 7) is 4.03. The van der Waals surface area contributed by atoms with Crippen molar-refractivity contribution in [3.05, 3.63) is 40.4 Å².